The van der Waals surface area contributed by atoms with Gasteiger partial charge in [0.1, 0.15) is 11.8 Å². The minimum absolute atomic E-state index is 0.0575. The van der Waals surface area contributed by atoms with E-state index >= 15 is 0 Å². The van der Waals surface area contributed by atoms with Gasteiger partial charge in [0.15, 0.2) is 0 Å². The molecule has 0 unspecified atom stereocenters. The number of carboxylic acids is 1. The summed E-state index contributed by atoms with van der Waals surface area (Å²) < 4.78 is 4.75. The van der Waals surface area contributed by atoms with Crippen molar-refractivity contribution in [1.82, 2.24) is 4.98 Å². The molecule has 86 valence electrons. The minimum Gasteiger partial charge on any atom is -0.478 e. The lowest BCUT2D eigenvalue weighted by molar-refractivity contribution is -0.142. The lowest BCUT2D eigenvalue weighted by Crippen LogP contribution is -2.08. The Hall–Kier alpha value is -1.62. The fourth-order valence-corrected chi connectivity index (χ4v) is 1.37. The molecule has 0 amide bonds. The number of nitrogens with zero attached hydrogens (tertiary/aromatic N) is 1. The van der Waals surface area contributed by atoms with Gasteiger partial charge < -0.3 is 9.84 Å². The number of carbonyl (C=O) groups is 2. The van der Waals surface area contributed by atoms with Gasteiger partial charge in [0.05, 0.1) is 11.3 Å². The van der Waals surface area contributed by atoms with Crippen LogP contribution in [0, 0.1) is 6.92 Å². The number of carboxylic acid groups (broad SMARTS) is 1. The van der Waals surface area contributed by atoms with Gasteiger partial charge in [0.25, 0.3) is 0 Å². The van der Waals surface area contributed by atoms with Crippen molar-refractivity contribution < 1.29 is 19.4 Å². The van der Waals surface area contributed by atoms with E-state index in [4.69, 9.17) is 21.4 Å². The highest BCUT2D eigenvalue weighted by Gasteiger charge is 2.14. The van der Waals surface area contributed by atoms with Crippen molar-refractivity contribution >= 4 is 23.5 Å². The number of aromatic carboxylic acids is 1. The molecule has 6 heteroatoms. The molecule has 1 N–H and O–H groups in total. The standard InChI is InChI=1S/C10H10ClNO4/c1-5-7(10(14)15)3-9(11)12-8(5)4-16-6(2)13/h3H,4H2,1-2H3,(H,14,15). The third kappa shape index (κ3) is 2.93. The largest absolute Gasteiger partial charge is 0.478 e. The maximum absolute atomic E-state index is 10.9. The molecule has 5 nitrogen and oxygen atoms in total. The SMILES string of the molecule is CC(=O)OCc1nc(Cl)cc(C(=O)O)c1C. The van der Waals surface area contributed by atoms with Gasteiger partial charge in [0, 0.05) is 6.92 Å². The Kier molecular flexibility index (Phi) is 3.84. The molecule has 16 heavy (non-hydrogen) atoms. The lowest BCUT2D eigenvalue weighted by atomic mass is 10.1. The number of ether oxygens (including phenoxy) is 1. The predicted octanol–water partition coefficient (Wildman–Crippen LogP) is 1.80. The number of halogens is 1. The van der Waals surface area contributed by atoms with E-state index in [1.807, 2.05) is 0 Å². The van der Waals surface area contributed by atoms with Crippen LogP contribution in [0.1, 0.15) is 28.5 Å². The van der Waals surface area contributed by atoms with Gasteiger partial charge in [-0.2, -0.15) is 0 Å². The van der Waals surface area contributed by atoms with Crippen LogP contribution in [0.5, 0.6) is 0 Å². The Labute approximate surface area is 97.0 Å². The summed E-state index contributed by atoms with van der Waals surface area (Å²) in [6.07, 6.45) is 0. The van der Waals surface area contributed by atoms with Crippen LogP contribution in [-0.2, 0) is 16.1 Å². The lowest BCUT2D eigenvalue weighted by Gasteiger charge is -2.08. The first-order valence-electron chi connectivity index (χ1n) is 4.44. The van der Waals surface area contributed by atoms with Crippen LogP contribution in [0.25, 0.3) is 0 Å². The zero-order valence-corrected chi connectivity index (χ0v) is 9.54. The monoisotopic (exact) mass is 243 g/mol. The Morgan fingerprint density at radius 3 is 2.69 bits per heavy atom. The second kappa shape index (κ2) is 4.94. The van der Waals surface area contributed by atoms with Gasteiger partial charge in [-0.1, -0.05) is 11.6 Å². The van der Waals surface area contributed by atoms with Crippen molar-refractivity contribution in [2.45, 2.75) is 20.5 Å². The van der Waals surface area contributed by atoms with Crippen molar-refractivity contribution in [2.24, 2.45) is 0 Å². The van der Waals surface area contributed by atoms with Gasteiger partial charge in [-0.05, 0) is 18.6 Å². The highest BCUT2D eigenvalue weighted by Crippen LogP contribution is 2.17. The molecule has 0 aliphatic heterocycles. The van der Waals surface area contributed by atoms with Crippen LogP contribution in [0.4, 0.5) is 0 Å². The highest BCUT2D eigenvalue weighted by molar-refractivity contribution is 6.29. The average Bonchev–Trinajstić information content (AvgIpc) is 2.18. The van der Waals surface area contributed by atoms with Gasteiger partial charge in [-0.15, -0.1) is 0 Å². The molecule has 0 bridgehead atoms. The number of aromatic nitrogens is 1. The zero-order chi connectivity index (χ0) is 12.3. The summed E-state index contributed by atoms with van der Waals surface area (Å²) >= 11 is 5.67. The maximum Gasteiger partial charge on any atom is 0.336 e. The summed E-state index contributed by atoms with van der Waals surface area (Å²) in [6.45, 7) is 2.77. The Bertz CT molecular complexity index is 445. The molecule has 0 atom stereocenters. The molecule has 0 saturated carbocycles. The number of hydrogen-bond donors (Lipinski definition) is 1. The third-order valence-corrected chi connectivity index (χ3v) is 2.18. The van der Waals surface area contributed by atoms with Crippen molar-refractivity contribution in [3.05, 3.63) is 28.0 Å². The molecular weight excluding hydrogens is 234 g/mol. The summed E-state index contributed by atoms with van der Waals surface area (Å²) in [7, 11) is 0. The molecule has 1 heterocycles. The Morgan fingerprint density at radius 1 is 1.56 bits per heavy atom. The minimum atomic E-state index is -1.09. The fourth-order valence-electron chi connectivity index (χ4n) is 1.16. The number of pyridine rings is 1. The third-order valence-electron chi connectivity index (χ3n) is 1.98. The summed E-state index contributed by atoms with van der Waals surface area (Å²) in [5.74, 6) is -1.55. The van der Waals surface area contributed by atoms with E-state index in [1.54, 1.807) is 6.92 Å². The van der Waals surface area contributed by atoms with E-state index in [0.717, 1.165) is 0 Å². The fraction of sp³-hybridized carbons (Fsp3) is 0.300. The van der Waals surface area contributed by atoms with Crippen molar-refractivity contribution in [2.75, 3.05) is 0 Å². The van der Waals surface area contributed by atoms with Gasteiger partial charge >= 0.3 is 11.9 Å². The van der Waals surface area contributed by atoms with Crippen molar-refractivity contribution in [3.63, 3.8) is 0 Å². The summed E-state index contributed by atoms with van der Waals surface area (Å²) in [4.78, 5) is 25.4. The molecule has 1 aromatic heterocycles. The number of esters is 1. The van der Waals surface area contributed by atoms with E-state index in [-0.39, 0.29) is 17.3 Å². The molecule has 0 fully saturated rings. The number of hydrogen-bond acceptors (Lipinski definition) is 4. The zero-order valence-electron chi connectivity index (χ0n) is 8.78. The van der Waals surface area contributed by atoms with Crippen LogP contribution in [0.3, 0.4) is 0 Å². The van der Waals surface area contributed by atoms with Crippen LogP contribution in [-0.4, -0.2) is 22.0 Å². The van der Waals surface area contributed by atoms with E-state index in [1.165, 1.54) is 13.0 Å². The van der Waals surface area contributed by atoms with Crippen LogP contribution < -0.4 is 0 Å². The summed E-state index contributed by atoms with van der Waals surface area (Å²) in [6, 6.07) is 1.26. The first-order valence-corrected chi connectivity index (χ1v) is 4.82. The molecule has 1 aromatic rings. The molecule has 0 aliphatic carbocycles. The van der Waals surface area contributed by atoms with E-state index < -0.39 is 11.9 Å². The van der Waals surface area contributed by atoms with Crippen molar-refractivity contribution in [1.29, 1.82) is 0 Å². The molecule has 0 radical (unpaired) electrons. The molecular formula is C10H10ClNO4. The van der Waals surface area contributed by atoms with Crippen LogP contribution >= 0.6 is 11.6 Å². The Morgan fingerprint density at radius 2 is 2.19 bits per heavy atom. The summed E-state index contributed by atoms with van der Waals surface area (Å²) in [5.41, 5.74) is 0.848. The molecule has 0 aliphatic rings. The van der Waals surface area contributed by atoms with E-state index in [0.29, 0.717) is 11.3 Å². The van der Waals surface area contributed by atoms with E-state index in [9.17, 15) is 9.59 Å². The predicted molar refractivity (Wildman–Crippen MR) is 56.4 cm³/mol. The average molecular weight is 244 g/mol. The van der Waals surface area contributed by atoms with Gasteiger partial charge in [-0.25, -0.2) is 9.78 Å². The quantitative estimate of drug-likeness (QED) is 0.647. The Balaban J connectivity index is 3.09. The van der Waals surface area contributed by atoms with Crippen molar-refractivity contribution in [3.8, 4) is 0 Å². The first-order chi connectivity index (χ1) is 7.41. The first kappa shape index (κ1) is 12.4. The topological polar surface area (TPSA) is 76.5 Å². The maximum atomic E-state index is 10.9. The second-order valence-corrected chi connectivity index (χ2v) is 3.54. The smallest absolute Gasteiger partial charge is 0.336 e. The van der Waals surface area contributed by atoms with Gasteiger partial charge in [-0.3, -0.25) is 4.79 Å². The normalized spacial score (nSPS) is 9.94. The molecule has 0 saturated heterocycles. The van der Waals surface area contributed by atoms with E-state index in [2.05, 4.69) is 4.98 Å². The van der Waals surface area contributed by atoms with Gasteiger partial charge in [0.2, 0.25) is 0 Å². The van der Waals surface area contributed by atoms with Crippen LogP contribution in [0.2, 0.25) is 5.15 Å². The highest BCUT2D eigenvalue weighted by atomic mass is 35.5. The number of carbonyl (C=O) groups excluding carboxylic acids is 1. The summed E-state index contributed by atoms with van der Waals surface area (Å²) in [5, 5.41) is 8.96. The number of rotatable bonds is 3. The molecule has 0 spiro atoms. The second-order valence-electron chi connectivity index (χ2n) is 3.15. The van der Waals surface area contributed by atoms with Crippen LogP contribution in [0.15, 0.2) is 6.07 Å². The molecule has 0 aromatic carbocycles. The molecule has 1 rings (SSSR count).